The molecule has 1 aliphatic carbocycles. The molecule has 7 heteroatoms. The van der Waals surface area contributed by atoms with Gasteiger partial charge in [-0.2, -0.15) is 0 Å². The highest BCUT2D eigenvalue weighted by Crippen LogP contribution is 2.24. The molecular weight excluding hydrogens is 460 g/mol. The lowest BCUT2D eigenvalue weighted by Gasteiger charge is -2.16. The van der Waals surface area contributed by atoms with Gasteiger partial charge < -0.3 is 10.1 Å². The molecule has 0 aliphatic heterocycles. The largest absolute Gasteiger partial charge is 0.372 e. The third-order valence-corrected chi connectivity index (χ3v) is 7.63. The van der Waals surface area contributed by atoms with Crippen LogP contribution in [-0.4, -0.2) is 20.9 Å². The van der Waals surface area contributed by atoms with Crippen LogP contribution in [-0.2, 0) is 52.2 Å². The Labute approximate surface area is 207 Å². The molecule has 0 spiro atoms. The van der Waals surface area contributed by atoms with E-state index in [1.54, 1.807) is 12.1 Å². The van der Waals surface area contributed by atoms with Gasteiger partial charge in [0.1, 0.15) is 0 Å². The van der Waals surface area contributed by atoms with E-state index in [-0.39, 0.29) is 23.8 Å². The smallest absolute Gasteiger partial charge is 0.240 e. The SMILES string of the molecule is O=C(CCNS(=O)(=O)c1ccc2c(c1)CCCC2)NCc1ccc(COCc2ccccc2)cc1. The van der Waals surface area contributed by atoms with Crippen LogP contribution in [0.4, 0.5) is 0 Å². The first-order valence-corrected chi connectivity index (χ1v) is 13.6. The minimum Gasteiger partial charge on any atom is -0.372 e. The molecule has 0 saturated heterocycles. The van der Waals surface area contributed by atoms with Gasteiger partial charge in [0.2, 0.25) is 15.9 Å². The van der Waals surface area contributed by atoms with E-state index in [1.807, 2.05) is 60.7 Å². The highest BCUT2D eigenvalue weighted by Gasteiger charge is 2.17. The van der Waals surface area contributed by atoms with Crippen LogP contribution >= 0.6 is 0 Å². The molecule has 0 bridgehead atoms. The minimum absolute atomic E-state index is 0.0585. The molecule has 1 amide bonds. The van der Waals surface area contributed by atoms with Gasteiger partial charge in [0, 0.05) is 19.5 Å². The fourth-order valence-corrected chi connectivity index (χ4v) is 5.24. The molecule has 0 unspecified atom stereocenters. The minimum atomic E-state index is -3.63. The zero-order valence-corrected chi connectivity index (χ0v) is 20.6. The Balaban J connectivity index is 1.16. The Hall–Kier alpha value is -3.00. The monoisotopic (exact) mass is 492 g/mol. The summed E-state index contributed by atoms with van der Waals surface area (Å²) in [4.78, 5) is 12.5. The maximum Gasteiger partial charge on any atom is 0.240 e. The van der Waals surface area contributed by atoms with E-state index >= 15 is 0 Å². The first kappa shape index (κ1) is 25.1. The van der Waals surface area contributed by atoms with Gasteiger partial charge in [-0.05, 0) is 65.6 Å². The molecule has 0 atom stereocenters. The molecule has 2 N–H and O–H groups in total. The third kappa shape index (κ3) is 7.49. The summed E-state index contributed by atoms with van der Waals surface area (Å²) >= 11 is 0. The summed E-state index contributed by atoms with van der Waals surface area (Å²) in [6.07, 6.45) is 4.25. The quantitative estimate of drug-likeness (QED) is 0.419. The standard InChI is InChI=1S/C28H32N2O4S/c31-28(16-17-30-35(32,33)27-15-14-25-8-4-5-9-26(25)18-27)29-19-22-10-12-24(13-11-22)21-34-20-23-6-2-1-3-7-23/h1-3,6-7,10-15,18,30H,4-5,8-9,16-17,19-21H2,(H,29,31). The van der Waals surface area contributed by atoms with Crippen molar-refractivity contribution in [2.45, 2.75) is 56.8 Å². The topological polar surface area (TPSA) is 84.5 Å². The summed E-state index contributed by atoms with van der Waals surface area (Å²) in [6, 6.07) is 23.3. The van der Waals surface area contributed by atoms with Crippen LogP contribution in [0.1, 0.15) is 47.1 Å². The van der Waals surface area contributed by atoms with E-state index in [0.717, 1.165) is 47.9 Å². The van der Waals surface area contributed by atoms with Gasteiger partial charge in [-0.25, -0.2) is 13.1 Å². The van der Waals surface area contributed by atoms with Gasteiger partial charge in [-0.1, -0.05) is 60.7 Å². The van der Waals surface area contributed by atoms with Crippen LogP contribution in [0.15, 0.2) is 77.7 Å². The second-order valence-corrected chi connectivity index (χ2v) is 10.6. The zero-order chi connectivity index (χ0) is 24.5. The summed E-state index contributed by atoms with van der Waals surface area (Å²) in [5.41, 5.74) is 5.53. The molecular formula is C28H32N2O4S. The van der Waals surface area contributed by atoms with Crippen molar-refractivity contribution < 1.29 is 17.9 Å². The Morgan fingerprint density at radius 2 is 1.46 bits per heavy atom. The molecule has 1 aliphatic rings. The first-order valence-electron chi connectivity index (χ1n) is 12.1. The molecule has 35 heavy (non-hydrogen) atoms. The Morgan fingerprint density at radius 1 is 0.800 bits per heavy atom. The van der Waals surface area contributed by atoms with E-state index in [1.165, 1.54) is 5.56 Å². The van der Waals surface area contributed by atoms with Crippen LogP contribution in [0, 0.1) is 0 Å². The number of carbonyl (C=O) groups excluding carboxylic acids is 1. The molecule has 0 radical (unpaired) electrons. The molecule has 0 saturated carbocycles. The van der Waals surface area contributed by atoms with Crippen LogP contribution in [0.5, 0.6) is 0 Å². The average Bonchev–Trinajstić information content (AvgIpc) is 2.88. The average molecular weight is 493 g/mol. The molecule has 6 nitrogen and oxygen atoms in total. The maximum atomic E-state index is 12.6. The predicted molar refractivity (Wildman–Crippen MR) is 136 cm³/mol. The van der Waals surface area contributed by atoms with E-state index in [0.29, 0.717) is 19.8 Å². The number of rotatable bonds is 11. The van der Waals surface area contributed by atoms with Crippen molar-refractivity contribution in [2.24, 2.45) is 0 Å². The van der Waals surface area contributed by atoms with Crippen molar-refractivity contribution >= 4 is 15.9 Å². The van der Waals surface area contributed by atoms with Crippen LogP contribution < -0.4 is 10.0 Å². The number of benzene rings is 3. The number of amides is 1. The Morgan fingerprint density at radius 3 is 2.20 bits per heavy atom. The van der Waals surface area contributed by atoms with Crippen molar-refractivity contribution in [2.75, 3.05) is 6.54 Å². The van der Waals surface area contributed by atoms with Crippen LogP contribution in [0.3, 0.4) is 0 Å². The fourth-order valence-electron chi connectivity index (χ4n) is 4.16. The van der Waals surface area contributed by atoms with E-state index < -0.39 is 10.0 Å². The van der Waals surface area contributed by atoms with Crippen LogP contribution in [0.25, 0.3) is 0 Å². The van der Waals surface area contributed by atoms with Crippen molar-refractivity contribution in [3.05, 3.63) is 101 Å². The van der Waals surface area contributed by atoms with Gasteiger partial charge >= 0.3 is 0 Å². The summed E-state index contributed by atoms with van der Waals surface area (Å²) in [6.45, 7) is 1.53. The number of ether oxygens (including phenoxy) is 1. The summed E-state index contributed by atoms with van der Waals surface area (Å²) in [5.74, 6) is -0.201. The Bertz CT molecular complexity index is 1230. The van der Waals surface area contributed by atoms with Gasteiger partial charge in [0.25, 0.3) is 0 Å². The van der Waals surface area contributed by atoms with Gasteiger partial charge in [0.15, 0.2) is 0 Å². The molecule has 3 aromatic rings. The number of hydrogen-bond donors (Lipinski definition) is 2. The van der Waals surface area contributed by atoms with E-state index in [9.17, 15) is 13.2 Å². The highest BCUT2D eigenvalue weighted by molar-refractivity contribution is 7.89. The van der Waals surface area contributed by atoms with Crippen LogP contribution in [0.2, 0.25) is 0 Å². The summed E-state index contributed by atoms with van der Waals surface area (Å²) < 4.78 is 33.5. The number of hydrogen-bond acceptors (Lipinski definition) is 4. The number of nitrogens with one attached hydrogen (secondary N) is 2. The fraction of sp³-hybridized carbons (Fsp3) is 0.321. The zero-order valence-electron chi connectivity index (χ0n) is 19.8. The van der Waals surface area contributed by atoms with Gasteiger partial charge in [0.05, 0.1) is 18.1 Å². The van der Waals surface area contributed by atoms with Gasteiger partial charge in [-0.15, -0.1) is 0 Å². The van der Waals surface area contributed by atoms with Crippen molar-refractivity contribution in [3.8, 4) is 0 Å². The molecule has 4 rings (SSSR count). The Kier molecular flexibility index (Phi) is 8.69. The molecule has 0 heterocycles. The lowest BCUT2D eigenvalue weighted by molar-refractivity contribution is -0.121. The van der Waals surface area contributed by atoms with E-state index in [4.69, 9.17) is 4.74 Å². The molecule has 0 aromatic heterocycles. The normalized spacial score (nSPS) is 13.3. The van der Waals surface area contributed by atoms with Gasteiger partial charge in [-0.3, -0.25) is 4.79 Å². The number of carbonyl (C=O) groups is 1. The molecule has 0 fully saturated rings. The third-order valence-electron chi connectivity index (χ3n) is 6.17. The molecule has 3 aromatic carbocycles. The number of aryl methyl sites for hydroxylation is 2. The second-order valence-electron chi connectivity index (χ2n) is 8.86. The highest BCUT2D eigenvalue weighted by atomic mass is 32.2. The number of fused-ring (bicyclic) bond motifs is 1. The number of sulfonamides is 1. The lowest BCUT2D eigenvalue weighted by Crippen LogP contribution is -2.30. The van der Waals surface area contributed by atoms with Crippen molar-refractivity contribution in [3.63, 3.8) is 0 Å². The lowest BCUT2D eigenvalue weighted by atomic mass is 9.92. The van der Waals surface area contributed by atoms with E-state index in [2.05, 4.69) is 10.0 Å². The summed E-state index contributed by atoms with van der Waals surface area (Å²) in [7, 11) is -3.63. The first-order chi connectivity index (χ1) is 17.0. The predicted octanol–water partition coefficient (Wildman–Crippen LogP) is 4.27. The van der Waals surface area contributed by atoms with Crippen molar-refractivity contribution in [1.29, 1.82) is 0 Å². The maximum absolute atomic E-state index is 12.6. The molecule has 184 valence electrons. The summed E-state index contributed by atoms with van der Waals surface area (Å²) in [5, 5.41) is 2.85. The van der Waals surface area contributed by atoms with Crippen molar-refractivity contribution in [1.82, 2.24) is 10.0 Å². The second kappa shape index (κ2) is 12.1.